The Kier molecular flexibility index (Phi) is 2.19. The fourth-order valence-electron chi connectivity index (χ4n) is 0.828. The predicted octanol–water partition coefficient (Wildman–Crippen LogP) is 1.03. The molecule has 4 nitrogen and oxygen atoms in total. The number of aromatic nitrogens is 1. The SMILES string of the molecule is Cc1[nH]c(=O)cc(C(=O)O)c1Cl. The van der Waals surface area contributed by atoms with Crippen molar-refractivity contribution in [3.05, 3.63) is 32.7 Å². The van der Waals surface area contributed by atoms with Gasteiger partial charge < -0.3 is 10.1 Å². The number of carboxylic acid groups (broad SMARTS) is 1. The Balaban J connectivity index is 3.48. The van der Waals surface area contributed by atoms with Crippen LogP contribution < -0.4 is 5.56 Å². The molecular formula is C7H6ClNO3. The molecule has 0 amide bonds. The highest BCUT2D eigenvalue weighted by molar-refractivity contribution is 6.34. The highest BCUT2D eigenvalue weighted by atomic mass is 35.5. The van der Waals surface area contributed by atoms with Gasteiger partial charge >= 0.3 is 5.97 Å². The lowest BCUT2D eigenvalue weighted by atomic mass is 10.2. The fourth-order valence-corrected chi connectivity index (χ4v) is 1.01. The lowest BCUT2D eigenvalue weighted by Gasteiger charge is -2.00. The highest BCUT2D eigenvalue weighted by Crippen LogP contribution is 2.15. The molecule has 0 aliphatic rings. The third-order valence-corrected chi connectivity index (χ3v) is 1.87. The van der Waals surface area contributed by atoms with Crippen LogP contribution in [-0.2, 0) is 0 Å². The summed E-state index contributed by atoms with van der Waals surface area (Å²) in [5, 5.41) is 8.65. The first-order chi connectivity index (χ1) is 5.52. The van der Waals surface area contributed by atoms with Crippen LogP contribution >= 0.6 is 11.6 Å². The van der Waals surface area contributed by atoms with E-state index in [1.54, 1.807) is 0 Å². The number of carbonyl (C=O) groups is 1. The van der Waals surface area contributed by atoms with E-state index < -0.39 is 11.5 Å². The number of pyridine rings is 1. The van der Waals surface area contributed by atoms with Crippen LogP contribution in [0.5, 0.6) is 0 Å². The molecule has 0 aliphatic heterocycles. The first kappa shape index (κ1) is 8.80. The molecule has 64 valence electrons. The number of nitrogens with one attached hydrogen (secondary N) is 1. The summed E-state index contributed by atoms with van der Waals surface area (Å²) in [5.74, 6) is -1.20. The Hall–Kier alpha value is -1.29. The summed E-state index contributed by atoms with van der Waals surface area (Å²) in [6.45, 7) is 1.54. The van der Waals surface area contributed by atoms with E-state index in [9.17, 15) is 9.59 Å². The van der Waals surface area contributed by atoms with Crippen molar-refractivity contribution in [3.8, 4) is 0 Å². The van der Waals surface area contributed by atoms with Crippen LogP contribution in [0, 0.1) is 6.92 Å². The summed E-state index contributed by atoms with van der Waals surface area (Å²) < 4.78 is 0. The standard InChI is InChI=1S/C7H6ClNO3/c1-3-6(8)4(7(11)12)2-5(10)9-3/h2H,1H3,(H,9,10)(H,11,12). The number of H-pyrrole nitrogens is 1. The average Bonchev–Trinajstić information content (AvgIpc) is 1.96. The molecule has 1 heterocycles. The lowest BCUT2D eigenvalue weighted by Crippen LogP contribution is -2.11. The van der Waals surface area contributed by atoms with Crippen LogP contribution in [0.1, 0.15) is 16.1 Å². The largest absolute Gasteiger partial charge is 0.478 e. The molecular weight excluding hydrogens is 182 g/mol. The molecule has 0 saturated carbocycles. The number of carboxylic acids is 1. The van der Waals surface area contributed by atoms with Crippen LogP contribution in [0.15, 0.2) is 10.9 Å². The van der Waals surface area contributed by atoms with Crippen molar-refractivity contribution in [1.82, 2.24) is 4.98 Å². The average molecular weight is 188 g/mol. The van der Waals surface area contributed by atoms with E-state index in [2.05, 4.69) is 4.98 Å². The first-order valence-electron chi connectivity index (χ1n) is 3.15. The minimum Gasteiger partial charge on any atom is -0.478 e. The Labute approximate surface area is 72.8 Å². The van der Waals surface area contributed by atoms with Crippen LogP contribution in [0.3, 0.4) is 0 Å². The van der Waals surface area contributed by atoms with Crippen molar-refractivity contribution in [2.45, 2.75) is 6.92 Å². The van der Waals surface area contributed by atoms with Crippen LogP contribution in [0.4, 0.5) is 0 Å². The molecule has 0 unspecified atom stereocenters. The van der Waals surface area contributed by atoms with E-state index in [4.69, 9.17) is 16.7 Å². The second-order valence-electron chi connectivity index (χ2n) is 2.29. The molecule has 1 rings (SSSR count). The minimum atomic E-state index is -1.20. The minimum absolute atomic E-state index is 0.0714. The van der Waals surface area contributed by atoms with Gasteiger partial charge in [0, 0.05) is 11.8 Å². The van der Waals surface area contributed by atoms with Gasteiger partial charge in [-0.15, -0.1) is 0 Å². The van der Waals surface area contributed by atoms with Crippen molar-refractivity contribution in [2.24, 2.45) is 0 Å². The molecule has 0 bridgehead atoms. The number of aryl methyl sites for hydroxylation is 1. The monoisotopic (exact) mass is 187 g/mol. The maximum atomic E-state index is 10.8. The number of halogens is 1. The second kappa shape index (κ2) is 2.98. The van der Waals surface area contributed by atoms with Gasteiger partial charge in [0.25, 0.3) is 0 Å². The van der Waals surface area contributed by atoms with Crippen molar-refractivity contribution in [2.75, 3.05) is 0 Å². The summed E-state index contributed by atoms with van der Waals surface area (Å²) in [6.07, 6.45) is 0. The van der Waals surface area contributed by atoms with Gasteiger partial charge in [-0.2, -0.15) is 0 Å². The lowest BCUT2D eigenvalue weighted by molar-refractivity contribution is 0.0696. The summed E-state index contributed by atoms with van der Waals surface area (Å²) in [7, 11) is 0. The molecule has 0 saturated heterocycles. The van der Waals surface area contributed by atoms with E-state index >= 15 is 0 Å². The highest BCUT2D eigenvalue weighted by Gasteiger charge is 2.11. The third-order valence-electron chi connectivity index (χ3n) is 1.38. The van der Waals surface area contributed by atoms with Crippen LogP contribution in [-0.4, -0.2) is 16.1 Å². The molecule has 5 heteroatoms. The van der Waals surface area contributed by atoms with Gasteiger partial charge in [-0.1, -0.05) is 11.6 Å². The van der Waals surface area contributed by atoms with Crippen molar-refractivity contribution in [1.29, 1.82) is 0 Å². The summed E-state index contributed by atoms with van der Waals surface area (Å²) in [5.41, 5.74) is -0.270. The quantitative estimate of drug-likeness (QED) is 0.690. The maximum absolute atomic E-state index is 10.8. The van der Waals surface area contributed by atoms with Crippen LogP contribution in [0.25, 0.3) is 0 Å². The summed E-state index contributed by atoms with van der Waals surface area (Å²) in [6, 6.07) is 0.956. The van der Waals surface area contributed by atoms with Gasteiger partial charge in [0.1, 0.15) is 0 Å². The Morgan fingerprint density at radius 3 is 2.75 bits per heavy atom. The van der Waals surface area contributed by atoms with Crippen molar-refractivity contribution in [3.63, 3.8) is 0 Å². The Morgan fingerprint density at radius 1 is 1.67 bits per heavy atom. The zero-order valence-electron chi connectivity index (χ0n) is 6.22. The van der Waals surface area contributed by atoms with Gasteiger partial charge in [0.05, 0.1) is 10.6 Å². The number of aromatic carboxylic acids is 1. The summed E-state index contributed by atoms with van der Waals surface area (Å²) >= 11 is 5.61. The molecule has 0 atom stereocenters. The molecule has 0 aliphatic carbocycles. The fraction of sp³-hybridized carbons (Fsp3) is 0.143. The second-order valence-corrected chi connectivity index (χ2v) is 2.67. The zero-order valence-corrected chi connectivity index (χ0v) is 6.97. The van der Waals surface area contributed by atoms with Gasteiger partial charge in [-0.3, -0.25) is 4.79 Å². The number of hydrogen-bond donors (Lipinski definition) is 2. The number of aromatic amines is 1. The van der Waals surface area contributed by atoms with E-state index in [1.165, 1.54) is 6.92 Å². The van der Waals surface area contributed by atoms with Gasteiger partial charge in [-0.05, 0) is 6.92 Å². The number of hydrogen-bond acceptors (Lipinski definition) is 2. The van der Waals surface area contributed by atoms with E-state index in [-0.39, 0.29) is 10.6 Å². The zero-order chi connectivity index (χ0) is 9.30. The van der Waals surface area contributed by atoms with Crippen LogP contribution in [0.2, 0.25) is 5.02 Å². The van der Waals surface area contributed by atoms with Crippen molar-refractivity contribution < 1.29 is 9.90 Å². The van der Waals surface area contributed by atoms with Gasteiger partial charge in [-0.25, -0.2) is 4.79 Å². The molecule has 1 aromatic rings. The molecule has 12 heavy (non-hydrogen) atoms. The Bertz CT molecular complexity index is 383. The molecule has 0 fully saturated rings. The maximum Gasteiger partial charge on any atom is 0.337 e. The topological polar surface area (TPSA) is 70.2 Å². The normalized spacial score (nSPS) is 9.83. The molecule has 0 aromatic carbocycles. The third kappa shape index (κ3) is 1.48. The smallest absolute Gasteiger partial charge is 0.337 e. The predicted molar refractivity (Wildman–Crippen MR) is 43.8 cm³/mol. The summed E-state index contributed by atoms with van der Waals surface area (Å²) in [4.78, 5) is 23.7. The molecule has 2 N–H and O–H groups in total. The van der Waals surface area contributed by atoms with E-state index in [1.807, 2.05) is 0 Å². The van der Waals surface area contributed by atoms with Gasteiger partial charge in [0.15, 0.2) is 0 Å². The molecule has 0 radical (unpaired) electrons. The Morgan fingerprint density at radius 2 is 2.25 bits per heavy atom. The molecule has 1 aromatic heterocycles. The van der Waals surface area contributed by atoms with Gasteiger partial charge in [0.2, 0.25) is 5.56 Å². The number of rotatable bonds is 1. The van der Waals surface area contributed by atoms with Crippen molar-refractivity contribution >= 4 is 17.6 Å². The first-order valence-corrected chi connectivity index (χ1v) is 3.53. The van der Waals surface area contributed by atoms with E-state index in [0.29, 0.717) is 5.69 Å². The molecule has 0 spiro atoms. The van der Waals surface area contributed by atoms with E-state index in [0.717, 1.165) is 6.07 Å².